The van der Waals surface area contributed by atoms with Gasteiger partial charge >= 0.3 is 11.7 Å². The molecule has 2 saturated carbocycles. The second-order valence-corrected chi connectivity index (χ2v) is 10.0. The van der Waals surface area contributed by atoms with Crippen LogP contribution in [0, 0.1) is 5.41 Å². The van der Waals surface area contributed by atoms with Crippen LogP contribution in [0.3, 0.4) is 0 Å². The number of imide groups is 1. The third-order valence-electron chi connectivity index (χ3n) is 6.92. The van der Waals surface area contributed by atoms with Gasteiger partial charge in [0, 0.05) is 20.1 Å². The summed E-state index contributed by atoms with van der Waals surface area (Å²) in [6, 6.07) is -0.615. The lowest BCUT2D eigenvalue weighted by molar-refractivity contribution is -0.141. The SMILES string of the molecule is CCSC(=NC)c1c(O)n(C2CCC3(CC2)CC2(C3)NC(=O)N(C)C2=O)c(=O)[nH]c1=O. The minimum Gasteiger partial charge on any atom is -0.494 e. The number of aliphatic imine (C=N–C) groups is 1. The standard InChI is InChI=1S/C20H27N5O5S/c1-4-31-14(21-2)12-13(26)22-17(29)25(15(12)27)11-5-7-19(8-6-11)9-20(10-19)16(28)24(3)18(30)23-20/h11,27H,4-10H2,1-3H3,(H,23,30)(H,22,26,29). The fraction of sp³-hybridized carbons (Fsp3) is 0.650. The summed E-state index contributed by atoms with van der Waals surface area (Å²) in [5.41, 5.74) is -2.09. The molecule has 10 nitrogen and oxygen atoms in total. The monoisotopic (exact) mass is 449 g/mol. The van der Waals surface area contributed by atoms with Crippen molar-refractivity contribution < 1.29 is 14.7 Å². The van der Waals surface area contributed by atoms with Crippen LogP contribution >= 0.6 is 11.8 Å². The molecule has 1 aromatic heterocycles. The van der Waals surface area contributed by atoms with Gasteiger partial charge in [0.1, 0.15) is 16.1 Å². The van der Waals surface area contributed by atoms with E-state index in [0.29, 0.717) is 36.5 Å². The molecule has 4 rings (SSSR count). The van der Waals surface area contributed by atoms with Crippen LogP contribution in [0.1, 0.15) is 57.1 Å². The number of aromatic amines is 1. The van der Waals surface area contributed by atoms with E-state index in [-0.39, 0.29) is 34.8 Å². The van der Waals surface area contributed by atoms with Gasteiger partial charge in [-0.2, -0.15) is 0 Å². The van der Waals surface area contributed by atoms with Crippen LogP contribution in [0.5, 0.6) is 5.88 Å². The van der Waals surface area contributed by atoms with Crippen molar-refractivity contribution in [3.05, 3.63) is 26.4 Å². The minimum atomic E-state index is -0.785. The highest BCUT2D eigenvalue weighted by atomic mass is 32.2. The van der Waals surface area contributed by atoms with Gasteiger partial charge in [0.05, 0.1) is 0 Å². The molecule has 168 valence electrons. The Labute approximate surface area is 183 Å². The third-order valence-corrected chi connectivity index (χ3v) is 7.86. The van der Waals surface area contributed by atoms with Crippen LogP contribution in [0.25, 0.3) is 0 Å². The molecule has 31 heavy (non-hydrogen) atoms. The van der Waals surface area contributed by atoms with E-state index in [1.54, 1.807) is 7.05 Å². The number of nitrogens with zero attached hydrogens (tertiary/aromatic N) is 3. The van der Waals surface area contributed by atoms with E-state index in [9.17, 15) is 24.3 Å². The molecule has 3 N–H and O–H groups in total. The quantitative estimate of drug-likeness (QED) is 0.360. The maximum absolute atomic E-state index is 12.5. The van der Waals surface area contributed by atoms with Gasteiger partial charge in [0.25, 0.3) is 11.5 Å². The largest absolute Gasteiger partial charge is 0.494 e. The van der Waals surface area contributed by atoms with Gasteiger partial charge in [-0.1, -0.05) is 6.92 Å². The molecule has 0 bridgehead atoms. The zero-order valence-corrected chi connectivity index (χ0v) is 18.7. The zero-order chi connectivity index (χ0) is 22.6. The van der Waals surface area contributed by atoms with Crippen molar-refractivity contribution in [3.63, 3.8) is 0 Å². The highest BCUT2D eigenvalue weighted by molar-refractivity contribution is 8.14. The smallest absolute Gasteiger partial charge is 0.331 e. The van der Waals surface area contributed by atoms with E-state index < -0.39 is 16.8 Å². The Morgan fingerprint density at radius 3 is 2.39 bits per heavy atom. The Bertz CT molecular complexity index is 1070. The Balaban J connectivity index is 1.54. The van der Waals surface area contributed by atoms with Gasteiger partial charge in [-0.05, 0) is 49.7 Å². The molecular weight excluding hydrogens is 422 g/mol. The predicted octanol–water partition coefficient (Wildman–Crippen LogP) is 1.19. The lowest BCUT2D eigenvalue weighted by Crippen LogP contribution is -2.62. The lowest BCUT2D eigenvalue weighted by Gasteiger charge is -2.55. The molecule has 0 aromatic carbocycles. The summed E-state index contributed by atoms with van der Waals surface area (Å²) >= 11 is 1.33. The average Bonchev–Trinajstić information content (AvgIpc) is 2.92. The molecule has 3 amide bonds. The van der Waals surface area contributed by atoms with E-state index in [2.05, 4.69) is 15.3 Å². The number of carbonyl (C=O) groups is 2. The van der Waals surface area contributed by atoms with E-state index in [1.807, 2.05) is 6.92 Å². The molecule has 2 heterocycles. The number of urea groups is 1. The summed E-state index contributed by atoms with van der Waals surface area (Å²) in [6.45, 7) is 1.92. The molecular formula is C20H27N5O5S. The minimum absolute atomic E-state index is 0.0270. The summed E-state index contributed by atoms with van der Waals surface area (Å²) in [5.74, 6) is 0.147. The van der Waals surface area contributed by atoms with E-state index in [4.69, 9.17) is 0 Å². The number of H-pyrrole nitrogens is 1. The number of aromatic nitrogens is 2. The molecule has 2 spiro atoms. The molecule has 2 aliphatic carbocycles. The Hall–Kier alpha value is -2.56. The summed E-state index contributed by atoms with van der Waals surface area (Å²) in [4.78, 5) is 56.8. The second kappa shape index (κ2) is 7.54. The van der Waals surface area contributed by atoms with Gasteiger partial charge in [-0.15, -0.1) is 11.8 Å². The lowest BCUT2D eigenvalue weighted by atomic mass is 9.51. The van der Waals surface area contributed by atoms with Crippen LogP contribution < -0.4 is 16.6 Å². The molecule has 11 heteroatoms. The van der Waals surface area contributed by atoms with Crippen LogP contribution in [-0.4, -0.2) is 61.9 Å². The zero-order valence-electron chi connectivity index (χ0n) is 17.9. The van der Waals surface area contributed by atoms with Gasteiger partial charge in [0.2, 0.25) is 5.88 Å². The average molecular weight is 450 g/mol. The van der Waals surface area contributed by atoms with Crippen LogP contribution in [0.2, 0.25) is 0 Å². The number of rotatable bonds is 3. The molecule has 3 aliphatic rings. The molecule has 0 unspecified atom stereocenters. The number of nitrogens with one attached hydrogen (secondary N) is 2. The summed E-state index contributed by atoms with van der Waals surface area (Å²) in [5, 5.41) is 14.1. The number of hydrogen-bond donors (Lipinski definition) is 3. The summed E-state index contributed by atoms with van der Waals surface area (Å²) in [7, 11) is 3.03. The van der Waals surface area contributed by atoms with Crippen molar-refractivity contribution in [1.29, 1.82) is 0 Å². The highest BCUT2D eigenvalue weighted by Crippen LogP contribution is 2.59. The molecule has 1 saturated heterocycles. The Kier molecular flexibility index (Phi) is 5.27. The van der Waals surface area contributed by atoms with Gasteiger partial charge in [-0.3, -0.25) is 29.0 Å². The van der Waals surface area contributed by atoms with Crippen molar-refractivity contribution >= 4 is 28.7 Å². The fourth-order valence-corrected chi connectivity index (χ4v) is 6.24. The summed E-state index contributed by atoms with van der Waals surface area (Å²) < 4.78 is 1.27. The number of carbonyl (C=O) groups excluding carboxylic acids is 2. The molecule has 3 fully saturated rings. The van der Waals surface area contributed by atoms with E-state index >= 15 is 0 Å². The van der Waals surface area contributed by atoms with Crippen molar-refractivity contribution in [3.8, 4) is 5.88 Å². The maximum Gasteiger partial charge on any atom is 0.331 e. The second-order valence-electron chi connectivity index (χ2n) is 8.75. The van der Waals surface area contributed by atoms with Crippen molar-refractivity contribution in [2.45, 2.75) is 57.0 Å². The van der Waals surface area contributed by atoms with Crippen molar-refractivity contribution in [2.24, 2.45) is 10.4 Å². The van der Waals surface area contributed by atoms with E-state index in [0.717, 1.165) is 17.7 Å². The van der Waals surface area contributed by atoms with Gasteiger partial charge in [-0.25, -0.2) is 9.59 Å². The molecule has 1 aromatic rings. The predicted molar refractivity (Wildman–Crippen MR) is 117 cm³/mol. The molecule has 0 radical (unpaired) electrons. The topological polar surface area (TPSA) is 137 Å². The first-order chi connectivity index (χ1) is 14.7. The number of hydrogen-bond acceptors (Lipinski definition) is 7. The number of thioether (sulfide) groups is 1. The third kappa shape index (κ3) is 3.29. The van der Waals surface area contributed by atoms with E-state index in [1.165, 1.54) is 23.4 Å². The number of aromatic hydroxyl groups is 1. The van der Waals surface area contributed by atoms with Crippen molar-refractivity contribution in [2.75, 3.05) is 19.8 Å². The Morgan fingerprint density at radius 1 is 1.23 bits per heavy atom. The van der Waals surface area contributed by atoms with Gasteiger partial charge < -0.3 is 10.4 Å². The summed E-state index contributed by atoms with van der Waals surface area (Å²) in [6.07, 6.45) is 3.99. The first-order valence-corrected chi connectivity index (χ1v) is 11.4. The van der Waals surface area contributed by atoms with Crippen LogP contribution in [0.4, 0.5) is 4.79 Å². The van der Waals surface area contributed by atoms with Crippen molar-refractivity contribution in [1.82, 2.24) is 19.8 Å². The fourth-order valence-electron chi connectivity index (χ4n) is 5.50. The first-order valence-electron chi connectivity index (χ1n) is 10.4. The Morgan fingerprint density at radius 2 is 1.87 bits per heavy atom. The highest BCUT2D eigenvalue weighted by Gasteiger charge is 2.64. The van der Waals surface area contributed by atoms with Gasteiger partial charge in [0.15, 0.2) is 0 Å². The molecule has 0 atom stereocenters. The maximum atomic E-state index is 12.5. The number of amides is 3. The molecule has 1 aliphatic heterocycles. The number of likely N-dealkylation sites (N-methyl/N-ethyl adjacent to an activating group) is 1. The normalized spacial score (nSPS) is 30.7. The van der Waals surface area contributed by atoms with Crippen LogP contribution in [-0.2, 0) is 4.79 Å². The first kappa shape index (κ1) is 21.7. The van der Waals surface area contributed by atoms with Crippen LogP contribution in [0.15, 0.2) is 14.6 Å².